The quantitative estimate of drug-likeness (QED) is 0.0634. The van der Waals surface area contributed by atoms with Crippen molar-refractivity contribution in [3.05, 3.63) is 180 Å². The second kappa shape index (κ2) is 19.8. The van der Waals surface area contributed by atoms with Gasteiger partial charge in [-0.3, -0.25) is 0 Å². The Balaban J connectivity index is 1.11. The lowest BCUT2D eigenvalue weighted by molar-refractivity contribution is 0.398. The first kappa shape index (κ1) is 44.5. The maximum atomic E-state index is 5.56. The van der Waals surface area contributed by atoms with Gasteiger partial charge in [-0.1, -0.05) is 242 Å². The van der Waals surface area contributed by atoms with E-state index in [0.29, 0.717) is 0 Å². The van der Waals surface area contributed by atoms with E-state index in [1.54, 1.807) is 5.56 Å². The highest BCUT2D eigenvalue weighted by atomic mass is 14.9. The van der Waals surface area contributed by atoms with Crippen molar-refractivity contribution in [2.45, 2.75) is 123 Å². The van der Waals surface area contributed by atoms with E-state index in [4.69, 9.17) is 9.97 Å². The lowest BCUT2D eigenvalue weighted by Crippen LogP contribution is -2.25. The Labute approximate surface area is 399 Å². The van der Waals surface area contributed by atoms with Crippen molar-refractivity contribution in [2.75, 3.05) is 0 Å². The molecule has 1 aliphatic carbocycles. The Hall–Kier alpha value is -6.38. The lowest BCUT2D eigenvalue weighted by Gasteiger charge is -2.33. The van der Waals surface area contributed by atoms with E-state index in [1.807, 2.05) is 0 Å². The van der Waals surface area contributed by atoms with E-state index < -0.39 is 0 Å². The van der Waals surface area contributed by atoms with E-state index >= 15 is 0 Å². The number of fused-ring (bicyclic) bond motifs is 9. The molecule has 0 unspecified atom stereocenters. The first-order valence-corrected chi connectivity index (χ1v) is 25.6. The molecule has 336 valence electrons. The molecule has 0 fully saturated rings. The Morgan fingerprint density at radius 1 is 0.343 bits per heavy atom. The number of aromatic nitrogens is 2. The van der Waals surface area contributed by atoms with Gasteiger partial charge in [0.25, 0.3) is 0 Å². The van der Waals surface area contributed by atoms with Crippen molar-refractivity contribution in [1.29, 1.82) is 0 Å². The van der Waals surface area contributed by atoms with Gasteiger partial charge in [0.05, 0.1) is 11.4 Å². The standard InChI is InChI=1S/C65H66N2/c1-5-7-9-11-13-19-39-65(40-20-14-12-10-8-6-2)60-41-46(4)27-36-57(60)58-38-34-50(43-61(58)65)63-44-62(49-32-30-48(31-33-49)47-28-25-45(3)26-29-47)66-64(67-63)51-35-37-56-54-23-16-15-21-52(54)53-22-17-18-24-55(53)59(56)42-51/h15-18,21-38,41-44H,5-14,19-20,39-40H2,1-4H3. The molecular formula is C65H66N2. The van der Waals surface area contributed by atoms with Crippen LogP contribution in [-0.2, 0) is 5.41 Å². The van der Waals surface area contributed by atoms with Crippen LogP contribution >= 0.6 is 0 Å². The minimum absolute atomic E-state index is 0.0190. The molecule has 1 heterocycles. The van der Waals surface area contributed by atoms with Crippen LogP contribution in [0.3, 0.4) is 0 Å². The second-order valence-electron chi connectivity index (χ2n) is 19.7. The van der Waals surface area contributed by atoms with Crippen molar-refractivity contribution >= 4 is 32.3 Å². The fourth-order valence-corrected chi connectivity index (χ4v) is 11.3. The van der Waals surface area contributed by atoms with Crippen molar-refractivity contribution in [3.8, 4) is 56.2 Å². The zero-order chi connectivity index (χ0) is 45.7. The van der Waals surface area contributed by atoms with Gasteiger partial charge in [-0.15, -0.1) is 0 Å². The Kier molecular flexibility index (Phi) is 13.2. The number of unbranched alkanes of at least 4 members (excludes halogenated alkanes) is 10. The molecule has 1 aliphatic rings. The summed E-state index contributed by atoms with van der Waals surface area (Å²) in [6.45, 7) is 9.06. The summed E-state index contributed by atoms with van der Waals surface area (Å²) >= 11 is 0. The SMILES string of the molecule is CCCCCCCCC1(CCCCCCCC)c2cc(C)ccc2-c2ccc(-c3cc(-c4ccc(-c5ccc(C)cc5)cc4)nc(-c4ccc5c6ccccc6c6ccccc6c5c4)n3)cc21. The average molecular weight is 875 g/mol. The van der Waals surface area contributed by atoms with Crippen LogP contribution in [0.25, 0.3) is 88.5 Å². The third-order valence-corrected chi connectivity index (χ3v) is 15.0. The number of rotatable bonds is 18. The zero-order valence-electron chi connectivity index (χ0n) is 40.3. The van der Waals surface area contributed by atoms with E-state index in [9.17, 15) is 0 Å². The highest BCUT2D eigenvalue weighted by Crippen LogP contribution is 2.55. The molecule has 10 rings (SSSR count). The van der Waals surface area contributed by atoms with Gasteiger partial charge >= 0.3 is 0 Å². The zero-order valence-corrected chi connectivity index (χ0v) is 40.3. The smallest absolute Gasteiger partial charge is 0.160 e. The Morgan fingerprint density at radius 3 is 1.37 bits per heavy atom. The van der Waals surface area contributed by atoms with Gasteiger partial charge in [-0.25, -0.2) is 9.97 Å². The minimum Gasteiger partial charge on any atom is -0.228 e. The molecule has 2 heteroatoms. The van der Waals surface area contributed by atoms with Crippen LogP contribution in [0.4, 0.5) is 0 Å². The molecule has 0 atom stereocenters. The van der Waals surface area contributed by atoms with Crippen LogP contribution in [0.15, 0.2) is 158 Å². The molecule has 2 nitrogen and oxygen atoms in total. The molecule has 0 aliphatic heterocycles. The van der Waals surface area contributed by atoms with Gasteiger partial charge in [-0.05, 0) is 111 Å². The van der Waals surface area contributed by atoms with Crippen molar-refractivity contribution in [2.24, 2.45) is 0 Å². The maximum absolute atomic E-state index is 5.56. The first-order chi connectivity index (χ1) is 32.9. The topological polar surface area (TPSA) is 25.8 Å². The lowest BCUT2D eigenvalue weighted by atomic mass is 9.70. The number of nitrogens with zero attached hydrogens (tertiary/aromatic N) is 2. The van der Waals surface area contributed by atoms with E-state index in [1.165, 1.54) is 161 Å². The summed E-state index contributed by atoms with van der Waals surface area (Å²) in [6, 6.07) is 59.1. The van der Waals surface area contributed by atoms with Crippen molar-refractivity contribution < 1.29 is 0 Å². The highest BCUT2D eigenvalue weighted by Gasteiger charge is 2.42. The molecule has 8 aromatic carbocycles. The molecule has 9 aromatic rings. The Bertz CT molecular complexity index is 3120. The monoisotopic (exact) mass is 875 g/mol. The summed E-state index contributed by atoms with van der Waals surface area (Å²) in [5.74, 6) is 0.749. The number of hydrogen-bond acceptors (Lipinski definition) is 2. The molecule has 1 aromatic heterocycles. The van der Waals surface area contributed by atoms with Crippen LogP contribution in [0.1, 0.15) is 126 Å². The summed E-state index contributed by atoms with van der Waals surface area (Å²) in [5.41, 5.74) is 16.1. The highest BCUT2D eigenvalue weighted by molar-refractivity contribution is 6.25. The van der Waals surface area contributed by atoms with Gasteiger partial charge < -0.3 is 0 Å². The molecule has 0 amide bonds. The minimum atomic E-state index is -0.0190. The third kappa shape index (κ3) is 8.96. The van der Waals surface area contributed by atoms with Gasteiger partial charge in [0, 0.05) is 22.1 Å². The third-order valence-electron chi connectivity index (χ3n) is 15.0. The summed E-state index contributed by atoms with van der Waals surface area (Å²) < 4.78 is 0. The van der Waals surface area contributed by atoms with Gasteiger partial charge in [0.15, 0.2) is 5.82 Å². The Morgan fingerprint density at radius 2 is 0.776 bits per heavy atom. The maximum Gasteiger partial charge on any atom is 0.160 e. The molecule has 0 N–H and O–H groups in total. The summed E-state index contributed by atoms with van der Waals surface area (Å²) in [5, 5.41) is 7.55. The normalized spacial score (nSPS) is 12.8. The molecule has 0 radical (unpaired) electrons. The second-order valence-corrected chi connectivity index (χ2v) is 19.7. The largest absolute Gasteiger partial charge is 0.228 e. The van der Waals surface area contributed by atoms with Crippen LogP contribution in [-0.4, -0.2) is 9.97 Å². The fraction of sp³-hybridized carbons (Fsp3) is 0.292. The first-order valence-electron chi connectivity index (χ1n) is 25.6. The van der Waals surface area contributed by atoms with Crippen molar-refractivity contribution in [1.82, 2.24) is 9.97 Å². The predicted octanol–water partition coefficient (Wildman–Crippen LogP) is 19.0. The average Bonchev–Trinajstić information content (AvgIpc) is 3.63. The van der Waals surface area contributed by atoms with Crippen LogP contribution in [0.2, 0.25) is 0 Å². The molecule has 0 saturated carbocycles. The van der Waals surface area contributed by atoms with E-state index in [0.717, 1.165) is 33.9 Å². The fourth-order valence-electron chi connectivity index (χ4n) is 11.3. The van der Waals surface area contributed by atoms with Crippen LogP contribution < -0.4 is 0 Å². The van der Waals surface area contributed by atoms with E-state index in [2.05, 4.69) is 185 Å². The van der Waals surface area contributed by atoms with Gasteiger partial charge in [0.1, 0.15) is 0 Å². The number of aryl methyl sites for hydroxylation is 2. The predicted molar refractivity (Wildman–Crippen MR) is 288 cm³/mol. The number of hydrogen-bond donors (Lipinski definition) is 0. The summed E-state index contributed by atoms with van der Waals surface area (Å²) in [4.78, 5) is 11.0. The molecule has 0 saturated heterocycles. The number of benzene rings is 8. The molecular weight excluding hydrogens is 809 g/mol. The summed E-state index contributed by atoms with van der Waals surface area (Å²) in [7, 11) is 0. The summed E-state index contributed by atoms with van der Waals surface area (Å²) in [6.07, 6.45) is 18.1. The van der Waals surface area contributed by atoms with E-state index in [-0.39, 0.29) is 5.41 Å². The van der Waals surface area contributed by atoms with Gasteiger partial charge in [-0.2, -0.15) is 0 Å². The van der Waals surface area contributed by atoms with Crippen LogP contribution in [0.5, 0.6) is 0 Å². The molecule has 0 spiro atoms. The van der Waals surface area contributed by atoms with Crippen LogP contribution in [0, 0.1) is 13.8 Å². The van der Waals surface area contributed by atoms with Gasteiger partial charge in [0.2, 0.25) is 0 Å². The molecule has 0 bridgehead atoms. The van der Waals surface area contributed by atoms with Crippen molar-refractivity contribution in [3.63, 3.8) is 0 Å². The molecule has 67 heavy (non-hydrogen) atoms.